The second-order valence-electron chi connectivity index (χ2n) is 6.84. The fraction of sp³-hybridized carbons (Fsp3) is 0.391. The summed E-state index contributed by atoms with van der Waals surface area (Å²) in [4.78, 5) is 14.2. The van der Waals surface area contributed by atoms with Crippen LogP contribution in [0, 0.1) is 11.8 Å². The summed E-state index contributed by atoms with van der Waals surface area (Å²) >= 11 is 0. The zero-order valence-electron chi connectivity index (χ0n) is 20.5. The largest absolute Gasteiger partial charge is 0.461 e. The van der Waals surface area contributed by atoms with E-state index in [1.807, 2.05) is 42.5 Å². The van der Waals surface area contributed by atoms with E-state index in [9.17, 15) is 4.79 Å². The van der Waals surface area contributed by atoms with Crippen molar-refractivity contribution in [2.24, 2.45) is 0 Å². The SMILES string of the molecule is C#N.CC(C=O)NPOc1ccccc1.COC.COC(CO)CCc1ccc2c(N)ncnn12. The summed E-state index contributed by atoms with van der Waals surface area (Å²) in [7, 11) is 4.96. The molecule has 35 heavy (non-hydrogen) atoms. The molecule has 3 unspecified atom stereocenters. The third kappa shape index (κ3) is 12.8. The molecule has 0 saturated heterocycles. The Hall–Kier alpha value is -3.13. The lowest BCUT2D eigenvalue weighted by Gasteiger charge is -2.11. The lowest BCUT2D eigenvalue weighted by atomic mass is 10.1. The Kier molecular flexibility index (Phi) is 18.4. The molecule has 3 rings (SSSR count). The first kappa shape index (κ1) is 31.9. The number of aldehydes is 1. The summed E-state index contributed by atoms with van der Waals surface area (Å²) in [6.07, 6.45) is 3.65. The van der Waals surface area contributed by atoms with Crippen molar-refractivity contribution in [1.82, 2.24) is 19.7 Å². The Morgan fingerprint density at radius 1 is 1.23 bits per heavy atom. The van der Waals surface area contributed by atoms with Gasteiger partial charge in [0.15, 0.2) is 5.82 Å². The second-order valence-corrected chi connectivity index (χ2v) is 7.54. The molecule has 0 radical (unpaired) electrons. The standard InChI is InChI=1S/C11H16N4O2.C9H12NO2P.C2H6O.CHN/c1-17-9(6-16)4-2-8-3-5-10-11(12)13-7-14-15(8)10;1-8(7-11)10-13-12-9-5-3-2-4-6-9;1-3-2;1-2/h3,5,7,9,16H,2,4,6H2,1H3,(H2,12,13,14);2-8,10,13H,1H3;1-2H3;1H. The number of carbonyl (C=O) groups is 1. The number of ether oxygens (including phenoxy) is 2. The Labute approximate surface area is 208 Å². The average Bonchev–Trinajstić information content (AvgIpc) is 3.32. The van der Waals surface area contributed by atoms with E-state index in [0.29, 0.717) is 5.82 Å². The molecule has 0 fully saturated rings. The molecule has 11 nitrogen and oxygen atoms in total. The fourth-order valence-electron chi connectivity index (χ4n) is 2.49. The first-order valence-electron chi connectivity index (χ1n) is 10.5. The quantitative estimate of drug-likeness (QED) is 0.275. The van der Waals surface area contributed by atoms with E-state index < -0.39 is 0 Å². The van der Waals surface area contributed by atoms with E-state index >= 15 is 0 Å². The summed E-state index contributed by atoms with van der Waals surface area (Å²) in [5, 5.41) is 22.6. The van der Waals surface area contributed by atoms with Gasteiger partial charge in [-0.3, -0.25) is 5.09 Å². The maximum Gasteiger partial charge on any atom is 0.151 e. The summed E-state index contributed by atoms with van der Waals surface area (Å²) in [6.45, 7) is 5.31. The van der Waals surface area contributed by atoms with Crippen molar-refractivity contribution in [2.75, 3.05) is 33.7 Å². The van der Waals surface area contributed by atoms with Crippen molar-refractivity contribution in [3.8, 4) is 12.3 Å². The number of aromatic nitrogens is 3. The van der Waals surface area contributed by atoms with E-state index in [2.05, 4.69) is 26.5 Å². The zero-order chi connectivity index (χ0) is 26.5. The van der Waals surface area contributed by atoms with E-state index in [-0.39, 0.29) is 27.7 Å². The fourth-order valence-corrected chi connectivity index (χ4v) is 3.06. The van der Waals surface area contributed by atoms with Crippen LogP contribution in [0.15, 0.2) is 48.8 Å². The Balaban J connectivity index is 0.000000572. The maximum absolute atomic E-state index is 10.2. The van der Waals surface area contributed by atoms with Crippen LogP contribution in [0.1, 0.15) is 19.0 Å². The molecule has 0 aliphatic rings. The second kappa shape index (κ2) is 20.3. The molecule has 192 valence electrons. The molecule has 2 aromatic heterocycles. The number of nitrogens with one attached hydrogen (secondary N) is 1. The number of nitrogens with zero attached hydrogens (tertiary/aromatic N) is 4. The van der Waals surface area contributed by atoms with Crippen LogP contribution in [0.5, 0.6) is 5.75 Å². The van der Waals surface area contributed by atoms with Crippen LogP contribution in [0.25, 0.3) is 5.52 Å². The van der Waals surface area contributed by atoms with Gasteiger partial charge in [0, 0.05) is 33.6 Å². The number of para-hydroxylation sites is 1. The minimum absolute atomic E-state index is 0.0247. The number of methoxy groups -OCH3 is 2. The van der Waals surface area contributed by atoms with Crippen molar-refractivity contribution in [3.05, 3.63) is 54.5 Å². The molecule has 0 saturated carbocycles. The molecule has 2 heterocycles. The Morgan fingerprint density at radius 2 is 1.89 bits per heavy atom. The molecule has 3 aromatic rings. The smallest absolute Gasteiger partial charge is 0.151 e. The lowest BCUT2D eigenvalue weighted by Crippen LogP contribution is -2.19. The van der Waals surface area contributed by atoms with Gasteiger partial charge in [-0.1, -0.05) is 18.2 Å². The average molecular weight is 507 g/mol. The van der Waals surface area contributed by atoms with Crippen molar-refractivity contribution in [2.45, 2.75) is 31.9 Å². The summed E-state index contributed by atoms with van der Waals surface area (Å²) in [5.41, 5.74) is 7.58. The van der Waals surface area contributed by atoms with Crippen LogP contribution in [-0.4, -0.2) is 66.1 Å². The van der Waals surface area contributed by atoms with Gasteiger partial charge in [-0.05, 0) is 44.0 Å². The van der Waals surface area contributed by atoms with E-state index in [4.69, 9.17) is 25.4 Å². The number of fused-ring (bicyclic) bond motifs is 1. The van der Waals surface area contributed by atoms with E-state index in [1.54, 1.807) is 32.8 Å². The molecule has 12 heteroatoms. The van der Waals surface area contributed by atoms with Crippen LogP contribution in [0.4, 0.5) is 5.82 Å². The molecule has 0 bridgehead atoms. The highest BCUT2D eigenvalue weighted by molar-refractivity contribution is 7.30. The van der Waals surface area contributed by atoms with Gasteiger partial charge in [0.2, 0.25) is 0 Å². The molecule has 0 aliphatic heterocycles. The van der Waals surface area contributed by atoms with Gasteiger partial charge in [-0.2, -0.15) is 5.10 Å². The molecular weight excluding hydrogens is 471 g/mol. The Morgan fingerprint density at radius 3 is 2.46 bits per heavy atom. The molecule has 3 atom stereocenters. The number of rotatable bonds is 10. The maximum atomic E-state index is 10.2. The van der Waals surface area contributed by atoms with Crippen LogP contribution in [0.3, 0.4) is 0 Å². The van der Waals surface area contributed by atoms with Crippen molar-refractivity contribution in [3.63, 3.8) is 0 Å². The Bertz CT molecular complexity index is 953. The number of nitrogen functional groups attached to an aromatic ring is 1. The number of aryl methyl sites for hydroxylation is 1. The van der Waals surface area contributed by atoms with Crippen molar-refractivity contribution in [1.29, 1.82) is 5.26 Å². The third-order valence-corrected chi connectivity index (χ3v) is 5.13. The van der Waals surface area contributed by atoms with Crippen LogP contribution in [-0.2, 0) is 20.7 Å². The minimum Gasteiger partial charge on any atom is -0.461 e. The number of hydrogen-bond donors (Lipinski definition) is 3. The van der Waals surface area contributed by atoms with Crippen LogP contribution in [0.2, 0.25) is 0 Å². The van der Waals surface area contributed by atoms with Gasteiger partial charge in [-0.15, -0.1) is 0 Å². The van der Waals surface area contributed by atoms with Gasteiger partial charge < -0.3 is 29.6 Å². The van der Waals surface area contributed by atoms with E-state index in [1.165, 1.54) is 6.33 Å². The summed E-state index contributed by atoms with van der Waals surface area (Å²) in [6, 6.07) is 13.2. The highest BCUT2D eigenvalue weighted by Gasteiger charge is 2.10. The zero-order valence-corrected chi connectivity index (χ0v) is 21.5. The van der Waals surface area contributed by atoms with Gasteiger partial charge in [0.05, 0.1) is 18.8 Å². The monoisotopic (exact) mass is 506 g/mol. The molecule has 4 N–H and O–H groups in total. The molecular formula is C23H35N6O5P. The minimum atomic E-state index is -0.151. The predicted octanol–water partition coefficient (Wildman–Crippen LogP) is 2.40. The first-order chi connectivity index (χ1) is 17.0. The topological polar surface area (TPSA) is 157 Å². The number of nitrogens with two attached hydrogens (primary N) is 1. The van der Waals surface area contributed by atoms with Crippen LogP contribution >= 0.6 is 8.96 Å². The first-order valence-corrected chi connectivity index (χ1v) is 11.5. The number of carbonyl (C=O) groups excluding carboxylic acids is 1. The number of nitriles is 1. The van der Waals surface area contributed by atoms with Gasteiger partial charge in [0.25, 0.3) is 0 Å². The van der Waals surface area contributed by atoms with E-state index in [0.717, 1.165) is 36.1 Å². The number of benzene rings is 1. The van der Waals surface area contributed by atoms with Gasteiger partial charge in [0.1, 0.15) is 32.8 Å². The molecule has 1 aromatic carbocycles. The normalized spacial score (nSPS) is 11.7. The highest BCUT2D eigenvalue weighted by Crippen LogP contribution is 2.17. The number of aliphatic hydroxyl groups is 1. The molecule has 0 spiro atoms. The summed E-state index contributed by atoms with van der Waals surface area (Å²) < 4.78 is 16.5. The lowest BCUT2D eigenvalue weighted by molar-refractivity contribution is -0.108. The molecule has 0 aliphatic carbocycles. The summed E-state index contributed by atoms with van der Waals surface area (Å²) in [5.74, 6) is 1.28. The molecule has 0 amide bonds. The predicted molar refractivity (Wildman–Crippen MR) is 137 cm³/mol. The van der Waals surface area contributed by atoms with Crippen molar-refractivity contribution < 1.29 is 23.9 Å². The number of anilines is 1. The third-order valence-electron chi connectivity index (χ3n) is 4.22. The highest BCUT2D eigenvalue weighted by atomic mass is 31.1. The number of aliphatic hydroxyl groups excluding tert-OH is 1. The van der Waals surface area contributed by atoms with Gasteiger partial charge in [-0.25, -0.2) is 14.8 Å². The van der Waals surface area contributed by atoms with Crippen LogP contribution < -0.4 is 15.3 Å². The number of hydrogen-bond acceptors (Lipinski definition) is 10. The van der Waals surface area contributed by atoms with Gasteiger partial charge >= 0.3 is 0 Å². The van der Waals surface area contributed by atoms with Crippen molar-refractivity contribution >= 4 is 26.6 Å².